The Morgan fingerprint density at radius 3 is 2.39 bits per heavy atom. The first-order valence-electron chi connectivity index (χ1n) is 8.80. The van der Waals surface area contributed by atoms with Crippen LogP contribution in [0, 0.1) is 13.8 Å². The highest BCUT2D eigenvalue weighted by Gasteiger charge is 2.17. The molecular formula is C22H17N2O3S-. The van der Waals surface area contributed by atoms with Crippen LogP contribution in [-0.4, -0.2) is 15.5 Å². The molecular weight excluding hydrogens is 372 g/mol. The number of aromatic carboxylic acids is 1. The standard InChI is InChI=1S/C22H18N2O3S/c1-13-3-7-16(8-4-13)18-14(2)28-20-19(18)21(25)24(12-23-20)11-15-5-9-17(10-6-15)22(26)27/h3-10,12H,11H2,1-2H3,(H,26,27)/p-1. The van der Waals surface area contributed by atoms with Crippen LogP contribution in [0.5, 0.6) is 0 Å². The number of carboxylic acid groups (broad SMARTS) is 1. The summed E-state index contributed by atoms with van der Waals surface area (Å²) in [5.74, 6) is -1.22. The lowest BCUT2D eigenvalue weighted by Gasteiger charge is -2.08. The Morgan fingerprint density at radius 1 is 1.07 bits per heavy atom. The van der Waals surface area contributed by atoms with E-state index in [4.69, 9.17) is 0 Å². The van der Waals surface area contributed by atoms with Gasteiger partial charge >= 0.3 is 0 Å². The van der Waals surface area contributed by atoms with Gasteiger partial charge in [-0.15, -0.1) is 11.3 Å². The fraction of sp³-hybridized carbons (Fsp3) is 0.136. The van der Waals surface area contributed by atoms with Gasteiger partial charge in [-0.05, 0) is 30.5 Å². The van der Waals surface area contributed by atoms with Gasteiger partial charge in [0.1, 0.15) is 4.83 Å². The predicted molar refractivity (Wildman–Crippen MR) is 109 cm³/mol. The van der Waals surface area contributed by atoms with Crippen molar-refractivity contribution in [3.8, 4) is 11.1 Å². The van der Waals surface area contributed by atoms with Gasteiger partial charge < -0.3 is 9.90 Å². The Bertz CT molecular complexity index is 1240. The molecule has 0 aliphatic carbocycles. The van der Waals surface area contributed by atoms with E-state index in [0.29, 0.717) is 11.9 Å². The Morgan fingerprint density at radius 2 is 1.75 bits per heavy atom. The lowest BCUT2D eigenvalue weighted by molar-refractivity contribution is -0.255. The zero-order valence-corrected chi connectivity index (χ0v) is 16.2. The highest BCUT2D eigenvalue weighted by molar-refractivity contribution is 7.19. The van der Waals surface area contributed by atoms with E-state index in [1.54, 1.807) is 23.0 Å². The number of carboxylic acids is 1. The number of thiophene rings is 1. The maximum Gasteiger partial charge on any atom is 0.263 e. The van der Waals surface area contributed by atoms with Crippen molar-refractivity contribution in [2.75, 3.05) is 0 Å². The third-order valence-corrected chi connectivity index (χ3v) is 5.75. The molecule has 6 heteroatoms. The number of carbonyl (C=O) groups is 1. The maximum absolute atomic E-state index is 13.2. The number of fused-ring (bicyclic) bond motifs is 1. The van der Waals surface area contributed by atoms with Crippen LogP contribution >= 0.6 is 11.3 Å². The average molecular weight is 389 g/mol. The van der Waals surface area contributed by atoms with Crippen LogP contribution in [0.1, 0.15) is 26.4 Å². The summed E-state index contributed by atoms with van der Waals surface area (Å²) in [4.78, 5) is 30.4. The third kappa shape index (κ3) is 3.23. The van der Waals surface area contributed by atoms with E-state index in [1.165, 1.54) is 23.5 Å². The van der Waals surface area contributed by atoms with Gasteiger partial charge in [0, 0.05) is 10.4 Å². The molecule has 140 valence electrons. The largest absolute Gasteiger partial charge is 0.545 e. The third-order valence-electron chi connectivity index (χ3n) is 4.74. The van der Waals surface area contributed by atoms with Crippen LogP contribution in [0.2, 0.25) is 0 Å². The molecule has 28 heavy (non-hydrogen) atoms. The molecule has 0 atom stereocenters. The van der Waals surface area contributed by atoms with Gasteiger partial charge in [0.05, 0.1) is 24.2 Å². The monoisotopic (exact) mass is 389 g/mol. The first kappa shape index (κ1) is 18.1. The summed E-state index contributed by atoms with van der Waals surface area (Å²) in [6.07, 6.45) is 1.55. The van der Waals surface area contributed by atoms with Gasteiger partial charge in [0.15, 0.2) is 0 Å². The van der Waals surface area contributed by atoms with Gasteiger partial charge in [-0.3, -0.25) is 9.36 Å². The van der Waals surface area contributed by atoms with Gasteiger partial charge in [-0.1, -0.05) is 54.1 Å². The number of hydrogen-bond acceptors (Lipinski definition) is 5. The summed E-state index contributed by atoms with van der Waals surface area (Å²) in [7, 11) is 0. The smallest absolute Gasteiger partial charge is 0.263 e. The van der Waals surface area contributed by atoms with Crippen molar-refractivity contribution < 1.29 is 9.90 Å². The van der Waals surface area contributed by atoms with E-state index < -0.39 is 5.97 Å². The average Bonchev–Trinajstić information content (AvgIpc) is 3.02. The molecule has 0 aliphatic heterocycles. The minimum Gasteiger partial charge on any atom is -0.545 e. The molecule has 2 aromatic carbocycles. The van der Waals surface area contributed by atoms with Crippen LogP contribution in [-0.2, 0) is 6.54 Å². The van der Waals surface area contributed by atoms with Gasteiger partial charge in [-0.25, -0.2) is 4.98 Å². The molecule has 0 saturated heterocycles. The second-order valence-electron chi connectivity index (χ2n) is 6.74. The number of benzene rings is 2. The summed E-state index contributed by atoms with van der Waals surface area (Å²) in [6.45, 7) is 4.35. The van der Waals surface area contributed by atoms with Crippen molar-refractivity contribution >= 4 is 27.5 Å². The van der Waals surface area contributed by atoms with Crippen LogP contribution in [0.3, 0.4) is 0 Å². The summed E-state index contributed by atoms with van der Waals surface area (Å²) < 4.78 is 1.56. The SMILES string of the molecule is Cc1ccc(-c2c(C)sc3ncn(Cc4ccc(C(=O)[O-])cc4)c(=O)c23)cc1. The summed E-state index contributed by atoms with van der Waals surface area (Å²) >= 11 is 1.52. The zero-order chi connectivity index (χ0) is 19.8. The highest BCUT2D eigenvalue weighted by atomic mass is 32.1. The fourth-order valence-corrected chi connectivity index (χ4v) is 4.26. The molecule has 0 N–H and O–H groups in total. The van der Waals surface area contributed by atoms with Gasteiger partial charge in [0.2, 0.25) is 0 Å². The number of aryl methyl sites for hydroxylation is 2. The highest BCUT2D eigenvalue weighted by Crippen LogP contribution is 2.35. The van der Waals surface area contributed by atoms with Crippen LogP contribution in [0.4, 0.5) is 0 Å². The topological polar surface area (TPSA) is 75.0 Å². The first-order valence-corrected chi connectivity index (χ1v) is 9.61. The van der Waals surface area contributed by atoms with E-state index in [2.05, 4.69) is 4.98 Å². The lowest BCUT2D eigenvalue weighted by Crippen LogP contribution is -2.22. The molecule has 2 heterocycles. The van der Waals surface area contributed by atoms with E-state index >= 15 is 0 Å². The summed E-state index contributed by atoms with van der Waals surface area (Å²) in [6, 6.07) is 14.4. The van der Waals surface area contributed by atoms with Crippen LogP contribution in [0.15, 0.2) is 59.7 Å². The van der Waals surface area contributed by atoms with Crippen molar-refractivity contribution in [1.29, 1.82) is 0 Å². The molecule has 4 aromatic rings. The quantitative estimate of drug-likeness (QED) is 0.537. The lowest BCUT2D eigenvalue weighted by atomic mass is 10.0. The van der Waals surface area contributed by atoms with Crippen molar-refractivity contribution in [3.63, 3.8) is 0 Å². The predicted octanol–water partition coefficient (Wildman–Crippen LogP) is 3.15. The van der Waals surface area contributed by atoms with E-state index in [9.17, 15) is 14.7 Å². The van der Waals surface area contributed by atoms with Crippen molar-refractivity contribution in [1.82, 2.24) is 9.55 Å². The Balaban J connectivity index is 1.80. The molecule has 4 rings (SSSR count). The number of carbonyl (C=O) groups excluding carboxylic acids is 1. The Kier molecular flexibility index (Phi) is 4.57. The van der Waals surface area contributed by atoms with E-state index in [-0.39, 0.29) is 11.1 Å². The Labute approximate surface area is 165 Å². The zero-order valence-electron chi connectivity index (χ0n) is 15.4. The molecule has 0 unspecified atom stereocenters. The van der Waals surface area contributed by atoms with Crippen LogP contribution in [0.25, 0.3) is 21.3 Å². The Hall–Kier alpha value is -3.25. The van der Waals surface area contributed by atoms with Gasteiger partial charge in [0.25, 0.3) is 5.56 Å². The molecule has 5 nitrogen and oxygen atoms in total. The molecule has 2 aromatic heterocycles. The van der Waals surface area contributed by atoms with Crippen molar-refractivity contribution in [2.24, 2.45) is 0 Å². The molecule has 0 fully saturated rings. The molecule has 0 radical (unpaired) electrons. The molecule has 0 aliphatic rings. The second kappa shape index (κ2) is 7.05. The summed E-state index contributed by atoms with van der Waals surface area (Å²) in [5, 5.41) is 11.5. The van der Waals surface area contributed by atoms with Crippen molar-refractivity contribution in [3.05, 3.63) is 86.8 Å². The van der Waals surface area contributed by atoms with E-state index in [0.717, 1.165) is 32.0 Å². The molecule has 0 spiro atoms. The molecule has 0 saturated carbocycles. The summed E-state index contributed by atoms with van der Waals surface area (Å²) in [5.41, 5.74) is 3.92. The van der Waals surface area contributed by atoms with Crippen LogP contribution < -0.4 is 10.7 Å². The number of hydrogen-bond donors (Lipinski definition) is 0. The maximum atomic E-state index is 13.2. The fourth-order valence-electron chi connectivity index (χ4n) is 3.26. The first-order chi connectivity index (χ1) is 13.4. The minimum absolute atomic E-state index is 0.103. The number of nitrogens with zero attached hydrogens (tertiary/aromatic N) is 2. The number of rotatable bonds is 4. The molecule has 0 bridgehead atoms. The van der Waals surface area contributed by atoms with Gasteiger partial charge in [-0.2, -0.15) is 0 Å². The van der Waals surface area contributed by atoms with E-state index in [1.807, 2.05) is 38.1 Å². The van der Waals surface area contributed by atoms with Crippen molar-refractivity contribution in [2.45, 2.75) is 20.4 Å². The molecule has 0 amide bonds. The minimum atomic E-state index is -1.22. The second-order valence-corrected chi connectivity index (χ2v) is 7.94. The number of aromatic nitrogens is 2. The normalized spacial score (nSPS) is 11.1.